The molecule has 20 heavy (non-hydrogen) atoms. The van der Waals surface area contributed by atoms with Gasteiger partial charge in [0, 0.05) is 11.9 Å². The Morgan fingerprint density at radius 2 is 1.95 bits per heavy atom. The lowest BCUT2D eigenvalue weighted by Crippen LogP contribution is -2.25. The molecule has 0 saturated carbocycles. The maximum absolute atomic E-state index is 11.9. The van der Waals surface area contributed by atoms with E-state index in [0.717, 1.165) is 49.2 Å². The molecule has 0 radical (unpaired) electrons. The zero-order valence-corrected chi connectivity index (χ0v) is 12.3. The molecule has 0 atom stereocenters. The summed E-state index contributed by atoms with van der Waals surface area (Å²) in [5.41, 5.74) is -0.0330. The largest absolute Gasteiger partial charge is 0.371 e. The highest BCUT2D eigenvalue weighted by atomic mass is 16.1. The van der Waals surface area contributed by atoms with Crippen LogP contribution in [-0.2, 0) is 0 Å². The molecule has 0 amide bonds. The molecule has 0 aliphatic rings. The normalized spacial score (nSPS) is 11.2. The van der Waals surface area contributed by atoms with E-state index in [2.05, 4.69) is 29.0 Å². The van der Waals surface area contributed by atoms with Gasteiger partial charge in [0.1, 0.15) is 5.82 Å². The Bertz CT molecular complexity index is 602. The molecule has 2 aromatic rings. The summed E-state index contributed by atoms with van der Waals surface area (Å²) in [6.45, 7) is 8.48. The van der Waals surface area contributed by atoms with Gasteiger partial charge in [0.05, 0.1) is 0 Å². The minimum Gasteiger partial charge on any atom is -0.371 e. The zero-order valence-electron chi connectivity index (χ0n) is 12.3. The van der Waals surface area contributed by atoms with E-state index in [4.69, 9.17) is 0 Å². The van der Waals surface area contributed by atoms with Gasteiger partial charge >= 0.3 is 0 Å². The van der Waals surface area contributed by atoms with Crippen molar-refractivity contribution in [1.82, 2.24) is 9.88 Å². The second-order valence-corrected chi connectivity index (χ2v) is 4.91. The van der Waals surface area contributed by atoms with Gasteiger partial charge in [-0.2, -0.15) is 0 Å². The van der Waals surface area contributed by atoms with E-state index in [1.807, 2.05) is 30.3 Å². The quantitative estimate of drug-likeness (QED) is 0.763. The highest BCUT2D eigenvalue weighted by Crippen LogP contribution is 2.12. The second kappa shape index (κ2) is 7.10. The van der Waals surface area contributed by atoms with Gasteiger partial charge in [0.2, 0.25) is 0 Å². The second-order valence-electron chi connectivity index (χ2n) is 4.91. The summed E-state index contributed by atoms with van der Waals surface area (Å²) < 4.78 is 0. The predicted octanol–water partition coefficient (Wildman–Crippen LogP) is 2.67. The standard InChI is InChI=1S/C16H23N3O/c1-3-19(4-2)11-7-10-17-15-12-13-8-5-6-9-14(13)16(20)18-15/h5-6,8-9,12H,3-4,7,10-11H2,1-2H3,(H2,17,18,20). The SMILES string of the molecule is CCN(CC)CCCNc1cc2ccccc2c(=O)[nH]1. The molecule has 1 heterocycles. The lowest BCUT2D eigenvalue weighted by atomic mass is 10.2. The van der Waals surface area contributed by atoms with Crippen molar-refractivity contribution in [2.75, 3.05) is 31.5 Å². The topological polar surface area (TPSA) is 48.1 Å². The number of hydrogen-bond acceptors (Lipinski definition) is 3. The molecule has 0 aliphatic carbocycles. The third-order valence-electron chi connectivity index (χ3n) is 3.61. The Morgan fingerprint density at radius 1 is 1.20 bits per heavy atom. The first-order valence-corrected chi connectivity index (χ1v) is 7.33. The molecule has 2 N–H and O–H groups in total. The summed E-state index contributed by atoms with van der Waals surface area (Å²) in [6, 6.07) is 9.64. The van der Waals surface area contributed by atoms with Gasteiger partial charge in [-0.1, -0.05) is 32.0 Å². The molecule has 0 saturated heterocycles. The number of hydrogen-bond donors (Lipinski definition) is 2. The lowest BCUT2D eigenvalue weighted by Gasteiger charge is -2.17. The van der Waals surface area contributed by atoms with Crippen molar-refractivity contribution in [1.29, 1.82) is 0 Å². The number of benzene rings is 1. The summed E-state index contributed by atoms with van der Waals surface area (Å²) in [6.07, 6.45) is 1.07. The molecule has 0 aliphatic heterocycles. The minimum absolute atomic E-state index is 0.0330. The number of H-pyrrole nitrogens is 1. The van der Waals surface area contributed by atoms with E-state index in [0.29, 0.717) is 0 Å². The van der Waals surface area contributed by atoms with Crippen molar-refractivity contribution in [2.45, 2.75) is 20.3 Å². The molecule has 1 aromatic carbocycles. The van der Waals surface area contributed by atoms with Gasteiger partial charge in [-0.25, -0.2) is 0 Å². The Balaban J connectivity index is 1.95. The highest BCUT2D eigenvalue weighted by Gasteiger charge is 2.01. The summed E-state index contributed by atoms with van der Waals surface area (Å²) in [4.78, 5) is 17.2. The fraction of sp³-hybridized carbons (Fsp3) is 0.438. The average molecular weight is 273 g/mol. The Morgan fingerprint density at radius 3 is 2.70 bits per heavy atom. The van der Waals surface area contributed by atoms with E-state index in [-0.39, 0.29) is 5.56 Å². The molecule has 0 fully saturated rings. The third kappa shape index (κ3) is 3.61. The average Bonchev–Trinajstić information content (AvgIpc) is 2.47. The molecule has 108 valence electrons. The van der Waals surface area contributed by atoms with Crippen LogP contribution in [0, 0.1) is 0 Å². The molecule has 0 unspecified atom stereocenters. The monoisotopic (exact) mass is 273 g/mol. The molecular formula is C16H23N3O. The molecule has 0 spiro atoms. The molecule has 0 bridgehead atoms. The Hall–Kier alpha value is -1.81. The third-order valence-corrected chi connectivity index (χ3v) is 3.61. The summed E-state index contributed by atoms with van der Waals surface area (Å²) in [5.74, 6) is 0.799. The van der Waals surface area contributed by atoms with Gasteiger partial charge in [-0.05, 0) is 43.6 Å². The summed E-state index contributed by atoms with van der Waals surface area (Å²) in [7, 11) is 0. The number of nitrogens with zero attached hydrogens (tertiary/aromatic N) is 1. The number of aromatic amines is 1. The van der Waals surface area contributed by atoms with E-state index in [1.54, 1.807) is 0 Å². The van der Waals surface area contributed by atoms with Crippen LogP contribution in [0.3, 0.4) is 0 Å². The van der Waals surface area contributed by atoms with Crippen LogP contribution in [0.5, 0.6) is 0 Å². The van der Waals surface area contributed by atoms with Crippen LogP contribution < -0.4 is 10.9 Å². The zero-order chi connectivity index (χ0) is 14.4. The van der Waals surface area contributed by atoms with Crippen LogP contribution in [0.2, 0.25) is 0 Å². The number of pyridine rings is 1. The smallest absolute Gasteiger partial charge is 0.257 e. The molecular weight excluding hydrogens is 250 g/mol. The lowest BCUT2D eigenvalue weighted by molar-refractivity contribution is 0.303. The van der Waals surface area contributed by atoms with Gasteiger partial charge in [-0.15, -0.1) is 0 Å². The maximum Gasteiger partial charge on any atom is 0.257 e. The van der Waals surface area contributed by atoms with E-state index < -0.39 is 0 Å². The highest BCUT2D eigenvalue weighted by molar-refractivity contribution is 5.83. The first kappa shape index (κ1) is 14.6. The Labute approximate surface area is 119 Å². The number of fused-ring (bicyclic) bond motifs is 1. The van der Waals surface area contributed by atoms with Gasteiger partial charge in [0.25, 0.3) is 5.56 Å². The van der Waals surface area contributed by atoms with Crippen molar-refractivity contribution in [3.63, 3.8) is 0 Å². The minimum atomic E-state index is -0.0330. The predicted molar refractivity (Wildman–Crippen MR) is 85.5 cm³/mol. The maximum atomic E-state index is 11.9. The molecule has 4 nitrogen and oxygen atoms in total. The van der Waals surface area contributed by atoms with Crippen molar-refractivity contribution in [3.05, 3.63) is 40.7 Å². The first-order valence-electron chi connectivity index (χ1n) is 7.33. The molecule has 2 rings (SSSR count). The van der Waals surface area contributed by atoms with E-state index in [1.165, 1.54) is 0 Å². The summed E-state index contributed by atoms with van der Waals surface area (Å²) in [5, 5.41) is 5.01. The van der Waals surface area contributed by atoms with Crippen LogP contribution in [0.15, 0.2) is 35.1 Å². The number of aromatic nitrogens is 1. The molecule has 4 heteroatoms. The van der Waals surface area contributed by atoms with Crippen molar-refractivity contribution in [2.24, 2.45) is 0 Å². The number of nitrogens with one attached hydrogen (secondary N) is 2. The summed E-state index contributed by atoms with van der Waals surface area (Å²) >= 11 is 0. The van der Waals surface area contributed by atoms with Crippen molar-refractivity contribution >= 4 is 16.6 Å². The van der Waals surface area contributed by atoms with Gasteiger partial charge in [0.15, 0.2) is 0 Å². The van der Waals surface area contributed by atoms with Crippen LogP contribution in [0.4, 0.5) is 5.82 Å². The van der Waals surface area contributed by atoms with Crippen LogP contribution in [0.1, 0.15) is 20.3 Å². The fourth-order valence-electron chi connectivity index (χ4n) is 2.37. The number of rotatable bonds is 7. The van der Waals surface area contributed by atoms with Crippen molar-refractivity contribution in [3.8, 4) is 0 Å². The van der Waals surface area contributed by atoms with Crippen LogP contribution in [-0.4, -0.2) is 36.1 Å². The van der Waals surface area contributed by atoms with Crippen LogP contribution in [0.25, 0.3) is 10.8 Å². The molecule has 1 aromatic heterocycles. The van der Waals surface area contributed by atoms with E-state index >= 15 is 0 Å². The first-order chi connectivity index (χ1) is 9.74. The fourth-order valence-corrected chi connectivity index (χ4v) is 2.37. The van der Waals surface area contributed by atoms with Gasteiger partial charge in [-0.3, -0.25) is 4.79 Å². The Kier molecular flexibility index (Phi) is 5.18. The van der Waals surface area contributed by atoms with Gasteiger partial charge < -0.3 is 15.2 Å². The number of anilines is 1. The van der Waals surface area contributed by atoms with E-state index in [9.17, 15) is 4.79 Å². The van der Waals surface area contributed by atoms with Crippen molar-refractivity contribution < 1.29 is 0 Å². The van der Waals surface area contributed by atoms with Crippen LogP contribution >= 0.6 is 0 Å².